The molecule has 3 aromatic rings. The fourth-order valence-electron chi connectivity index (χ4n) is 2.50. The molecular formula is C14H11N3O5. The van der Waals surface area contributed by atoms with E-state index in [1.54, 1.807) is 0 Å². The fourth-order valence-corrected chi connectivity index (χ4v) is 2.50. The SMILES string of the molecule is CC(=O)NCCn1c(=O)c2cc3c(=O)[nH]c(=O)c3cc2c1=O. The Labute approximate surface area is 121 Å². The average Bonchev–Trinajstić information content (AvgIpc) is 2.87. The van der Waals surface area contributed by atoms with Crippen LogP contribution in [0.25, 0.3) is 21.5 Å². The predicted octanol–water partition coefficient (Wildman–Crippen LogP) is -1.42. The molecule has 112 valence electrons. The smallest absolute Gasteiger partial charge is 0.261 e. The molecule has 0 bridgehead atoms. The summed E-state index contributed by atoms with van der Waals surface area (Å²) in [7, 11) is 0. The van der Waals surface area contributed by atoms with Gasteiger partial charge in [-0.05, 0) is 12.1 Å². The summed E-state index contributed by atoms with van der Waals surface area (Å²) in [6.45, 7) is 1.49. The maximum absolute atomic E-state index is 12.2. The highest BCUT2D eigenvalue weighted by Gasteiger charge is 2.16. The van der Waals surface area contributed by atoms with Gasteiger partial charge in [-0.2, -0.15) is 0 Å². The monoisotopic (exact) mass is 301 g/mol. The van der Waals surface area contributed by atoms with Gasteiger partial charge < -0.3 is 5.32 Å². The first-order chi connectivity index (χ1) is 10.4. The van der Waals surface area contributed by atoms with Crippen molar-refractivity contribution >= 4 is 27.5 Å². The van der Waals surface area contributed by atoms with E-state index in [2.05, 4.69) is 10.3 Å². The van der Waals surface area contributed by atoms with Crippen LogP contribution in [0.2, 0.25) is 0 Å². The van der Waals surface area contributed by atoms with Crippen molar-refractivity contribution in [3.8, 4) is 0 Å². The first-order valence-electron chi connectivity index (χ1n) is 6.54. The number of rotatable bonds is 3. The van der Waals surface area contributed by atoms with Crippen molar-refractivity contribution in [2.45, 2.75) is 13.5 Å². The summed E-state index contributed by atoms with van der Waals surface area (Å²) < 4.78 is 0.984. The molecule has 8 heteroatoms. The molecule has 0 fully saturated rings. The second-order valence-electron chi connectivity index (χ2n) is 4.97. The third kappa shape index (κ3) is 1.96. The van der Waals surface area contributed by atoms with E-state index >= 15 is 0 Å². The third-order valence-corrected chi connectivity index (χ3v) is 3.53. The Morgan fingerprint density at radius 1 is 1.00 bits per heavy atom. The lowest BCUT2D eigenvalue weighted by Crippen LogP contribution is -2.32. The number of carbonyl (C=O) groups excluding carboxylic acids is 1. The molecular weight excluding hydrogens is 290 g/mol. The number of hydrogen-bond acceptors (Lipinski definition) is 5. The van der Waals surface area contributed by atoms with Gasteiger partial charge in [0.05, 0.1) is 21.5 Å². The highest BCUT2D eigenvalue weighted by atomic mass is 16.2. The van der Waals surface area contributed by atoms with E-state index in [0.717, 1.165) is 4.57 Å². The number of hydrogen-bond donors (Lipinski definition) is 2. The first kappa shape index (κ1) is 13.9. The second kappa shape index (κ2) is 4.76. The van der Waals surface area contributed by atoms with Crippen LogP contribution < -0.4 is 27.6 Å². The molecule has 22 heavy (non-hydrogen) atoms. The second-order valence-corrected chi connectivity index (χ2v) is 4.97. The lowest BCUT2D eigenvalue weighted by atomic mass is 10.1. The van der Waals surface area contributed by atoms with E-state index < -0.39 is 22.2 Å². The van der Waals surface area contributed by atoms with Crippen molar-refractivity contribution in [2.75, 3.05) is 6.54 Å². The number of nitrogens with zero attached hydrogens (tertiary/aromatic N) is 1. The van der Waals surface area contributed by atoms with Crippen molar-refractivity contribution in [1.82, 2.24) is 14.9 Å². The molecule has 0 saturated heterocycles. The first-order valence-corrected chi connectivity index (χ1v) is 6.54. The molecule has 0 unspecified atom stereocenters. The van der Waals surface area contributed by atoms with Gasteiger partial charge in [-0.15, -0.1) is 0 Å². The zero-order valence-corrected chi connectivity index (χ0v) is 11.6. The molecule has 0 aliphatic rings. The van der Waals surface area contributed by atoms with E-state index in [4.69, 9.17) is 0 Å². The number of benzene rings is 1. The third-order valence-electron chi connectivity index (χ3n) is 3.53. The molecule has 2 heterocycles. The summed E-state index contributed by atoms with van der Waals surface area (Å²) >= 11 is 0. The molecule has 1 amide bonds. The Morgan fingerprint density at radius 3 is 1.95 bits per heavy atom. The zero-order chi connectivity index (χ0) is 16.0. The molecule has 8 nitrogen and oxygen atoms in total. The topological polar surface area (TPSA) is 118 Å². The Kier molecular flexibility index (Phi) is 3.01. The number of aromatic amines is 1. The van der Waals surface area contributed by atoms with Crippen LogP contribution in [-0.2, 0) is 11.3 Å². The van der Waals surface area contributed by atoms with Crippen LogP contribution in [0.3, 0.4) is 0 Å². The van der Waals surface area contributed by atoms with E-state index in [9.17, 15) is 24.0 Å². The normalized spacial score (nSPS) is 11.3. The summed E-state index contributed by atoms with van der Waals surface area (Å²) in [5.74, 6) is -0.266. The maximum Gasteiger partial charge on any atom is 0.261 e. The minimum atomic E-state index is -0.584. The van der Waals surface area contributed by atoms with E-state index in [1.165, 1.54) is 19.1 Å². The summed E-state index contributed by atoms with van der Waals surface area (Å²) in [4.78, 5) is 60.6. The van der Waals surface area contributed by atoms with Gasteiger partial charge in [-0.3, -0.25) is 33.5 Å². The number of amides is 1. The van der Waals surface area contributed by atoms with Crippen molar-refractivity contribution in [2.24, 2.45) is 0 Å². The summed E-state index contributed by atoms with van der Waals surface area (Å²) in [6.07, 6.45) is 0. The van der Waals surface area contributed by atoms with Gasteiger partial charge >= 0.3 is 0 Å². The Bertz CT molecular complexity index is 1040. The van der Waals surface area contributed by atoms with Gasteiger partial charge in [0.15, 0.2) is 0 Å². The van der Waals surface area contributed by atoms with E-state index in [0.29, 0.717) is 0 Å². The molecule has 0 spiro atoms. The number of fused-ring (bicyclic) bond motifs is 2. The highest BCUT2D eigenvalue weighted by molar-refractivity contribution is 5.97. The Hall–Kier alpha value is -3.03. The number of nitrogens with one attached hydrogen (secondary N) is 2. The maximum atomic E-state index is 12.2. The van der Waals surface area contributed by atoms with Crippen LogP contribution in [0.1, 0.15) is 6.92 Å². The van der Waals surface area contributed by atoms with Gasteiger partial charge in [-0.25, -0.2) is 0 Å². The summed E-state index contributed by atoms with van der Waals surface area (Å²) in [6, 6.07) is 2.53. The minimum Gasteiger partial charge on any atom is -0.355 e. The van der Waals surface area contributed by atoms with Gasteiger partial charge in [-0.1, -0.05) is 0 Å². The van der Waals surface area contributed by atoms with Crippen LogP contribution >= 0.6 is 0 Å². The number of aromatic nitrogens is 2. The molecule has 0 aliphatic carbocycles. The van der Waals surface area contributed by atoms with Crippen LogP contribution in [-0.4, -0.2) is 22.0 Å². The highest BCUT2D eigenvalue weighted by Crippen LogP contribution is 2.13. The van der Waals surface area contributed by atoms with Crippen molar-refractivity contribution < 1.29 is 4.79 Å². The molecule has 2 N–H and O–H groups in total. The Balaban J connectivity index is 2.22. The molecule has 0 saturated carbocycles. The van der Waals surface area contributed by atoms with Gasteiger partial charge in [0.25, 0.3) is 22.2 Å². The molecule has 3 rings (SSSR count). The van der Waals surface area contributed by atoms with E-state index in [1.807, 2.05) is 0 Å². The molecule has 0 radical (unpaired) electrons. The zero-order valence-electron chi connectivity index (χ0n) is 11.6. The van der Waals surface area contributed by atoms with Crippen LogP contribution in [0.4, 0.5) is 0 Å². The lowest BCUT2D eigenvalue weighted by Gasteiger charge is -2.00. The summed E-state index contributed by atoms with van der Waals surface area (Å²) in [5.41, 5.74) is -2.25. The van der Waals surface area contributed by atoms with Crippen molar-refractivity contribution in [3.63, 3.8) is 0 Å². The minimum absolute atomic E-state index is 0.0245. The van der Waals surface area contributed by atoms with Crippen molar-refractivity contribution in [1.29, 1.82) is 0 Å². The quantitative estimate of drug-likeness (QED) is 0.615. The molecule has 0 atom stereocenters. The van der Waals surface area contributed by atoms with Crippen LogP contribution in [0, 0.1) is 0 Å². The summed E-state index contributed by atoms with van der Waals surface area (Å²) in [5, 5.41) is 2.87. The molecule has 2 aromatic heterocycles. The van der Waals surface area contributed by atoms with Gasteiger partial charge in [0.1, 0.15) is 0 Å². The standard InChI is InChI=1S/C14H11N3O5/c1-6(18)15-2-3-17-13(21)9-4-7-8(5-10(9)14(17)22)12(20)16-11(7)19/h4-5H,2-3H2,1H3,(H,15,18)(H,16,19,20). The van der Waals surface area contributed by atoms with Crippen LogP contribution in [0.5, 0.6) is 0 Å². The van der Waals surface area contributed by atoms with Crippen LogP contribution in [0.15, 0.2) is 31.3 Å². The average molecular weight is 301 g/mol. The number of carbonyl (C=O) groups is 1. The predicted molar refractivity (Wildman–Crippen MR) is 79.9 cm³/mol. The lowest BCUT2D eigenvalue weighted by molar-refractivity contribution is -0.118. The van der Waals surface area contributed by atoms with Crippen molar-refractivity contribution in [3.05, 3.63) is 53.5 Å². The van der Waals surface area contributed by atoms with Gasteiger partial charge in [0.2, 0.25) is 5.91 Å². The van der Waals surface area contributed by atoms with E-state index in [-0.39, 0.29) is 40.5 Å². The fraction of sp³-hybridized carbons (Fsp3) is 0.214. The largest absolute Gasteiger partial charge is 0.355 e. The van der Waals surface area contributed by atoms with Gasteiger partial charge in [0, 0.05) is 20.0 Å². The number of H-pyrrole nitrogens is 1. The molecule has 0 aliphatic heterocycles. The molecule has 1 aromatic carbocycles. The Morgan fingerprint density at radius 2 is 1.50 bits per heavy atom.